The second-order valence-electron chi connectivity index (χ2n) is 8.63. The second-order valence-corrected chi connectivity index (χ2v) is 8.63. The second kappa shape index (κ2) is 14.1. The lowest BCUT2D eigenvalue weighted by atomic mass is 9.97. The molecule has 0 radical (unpaired) electrons. The third-order valence-electron chi connectivity index (χ3n) is 5.68. The molecule has 2 aromatic rings. The molecule has 1 saturated heterocycles. The minimum atomic E-state index is -1.63. The number of esters is 4. The summed E-state index contributed by atoms with van der Waals surface area (Å²) in [5.74, 6) is -2.92. The van der Waals surface area contributed by atoms with Gasteiger partial charge in [-0.15, -0.1) is 0 Å². The molecule has 0 saturated carbocycles. The van der Waals surface area contributed by atoms with Crippen molar-refractivity contribution in [1.82, 2.24) is 0 Å². The van der Waals surface area contributed by atoms with Gasteiger partial charge in [-0.3, -0.25) is 14.4 Å². The molecule has 2 aromatic carbocycles. The van der Waals surface area contributed by atoms with Crippen molar-refractivity contribution in [3.05, 3.63) is 52.9 Å². The van der Waals surface area contributed by atoms with Crippen molar-refractivity contribution in [3.8, 4) is 5.75 Å². The van der Waals surface area contributed by atoms with Crippen LogP contribution in [0.25, 0.3) is 21.2 Å². The van der Waals surface area contributed by atoms with Gasteiger partial charge in [0, 0.05) is 31.1 Å². The number of fused-ring (bicyclic) bond motifs is 1. The van der Waals surface area contributed by atoms with Gasteiger partial charge in [-0.1, -0.05) is 41.5 Å². The van der Waals surface area contributed by atoms with Crippen LogP contribution >= 0.6 is 0 Å². The van der Waals surface area contributed by atoms with Gasteiger partial charge in [-0.2, -0.15) is 0 Å². The number of methoxy groups -OCH3 is 1. The number of nitrogens with zero attached hydrogens (tertiary/aromatic N) is 3. The highest BCUT2D eigenvalue weighted by molar-refractivity contribution is 5.88. The maximum absolute atomic E-state index is 12.6. The molecule has 214 valence electrons. The summed E-state index contributed by atoms with van der Waals surface area (Å²) in [6, 6.07) is 13.0. The number of rotatable bonds is 11. The number of benzene rings is 2. The molecule has 0 bridgehead atoms. The predicted molar refractivity (Wildman–Crippen MR) is 136 cm³/mol. The van der Waals surface area contributed by atoms with E-state index in [2.05, 4.69) is 10.0 Å². The first kappa shape index (κ1) is 30.2. The molecule has 14 nitrogen and oxygen atoms in total. The lowest BCUT2D eigenvalue weighted by molar-refractivity contribution is -0.310. The van der Waals surface area contributed by atoms with Gasteiger partial charge in [-0.05, 0) is 17.0 Å². The molecule has 1 aliphatic heterocycles. The molecule has 0 aromatic heterocycles. The molecule has 3 rings (SSSR count). The summed E-state index contributed by atoms with van der Waals surface area (Å²) in [7, 11) is 1.08. The van der Waals surface area contributed by atoms with Gasteiger partial charge in [0.15, 0.2) is 30.7 Å². The zero-order valence-electron chi connectivity index (χ0n) is 22.3. The Morgan fingerprint density at radius 2 is 1.55 bits per heavy atom. The van der Waals surface area contributed by atoms with Crippen molar-refractivity contribution < 1.29 is 52.3 Å². The maximum Gasteiger partial charge on any atom is 0.339 e. The standard InChI is InChI=1S/C26H29N3O11/c1-14(30)36-21-22(37-15(2)31)24(38-16(3)32)26(40-23(21)25(33)34-4)39-18(12-28-29-27)13-35-20-11-7-9-17-8-5-6-10-19(17)20/h5-11,18,21-24,26H,12-13H2,1-4H3/t18-,21-,22-,23-,24+,26+/m0/s1. The van der Waals surface area contributed by atoms with Crippen molar-refractivity contribution in [2.75, 3.05) is 20.3 Å². The Kier molecular flexibility index (Phi) is 10.6. The highest BCUT2D eigenvalue weighted by Crippen LogP contribution is 2.31. The lowest BCUT2D eigenvalue weighted by Gasteiger charge is -2.43. The summed E-state index contributed by atoms with van der Waals surface area (Å²) in [4.78, 5) is 51.2. The number of hydrogen-bond donors (Lipinski definition) is 0. The number of azide groups is 1. The van der Waals surface area contributed by atoms with Crippen molar-refractivity contribution in [2.45, 2.75) is 57.6 Å². The zero-order chi connectivity index (χ0) is 29.2. The van der Waals surface area contributed by atoms with Crippen LogP contribution < -0.4 is 4.74 Å². The van der Waals surface area contributed by atoms with E-state index >= 15 is 0 Å². The fourth-order valence-corrected chi connectivity index (χ4v) is 4.15. The summed E-state index contributed by atoms with van der Waals surface area (Å²) >= 11 is 0. The van der Waals surface area contributed by atoms with Gasteiger partial charge in [0.2, 0.25) is 0 Å². The van der Waals surface area contributed by atoms with Gasteiger partial charge in [0.25, 0.3) is 0 Å². The first-order valence-electron chi connectivity index (χ1n) is 12.2. The fourth-order valence-electron chi connectivity index (χ4n) is 4.15. The fraction of sp³-hybridized carbons (Fsp3) is 0.462. The molecule has 0 aliphatic carbocycles. The van der Waals surface area contributed by atoms with Crippen LogP contribution in [0.1, 0.15) is 20.8 Å². The van der Waals surface area contributed by atoms with Gasteiger partial charge >= 0.3 is 23.9 Å². The average Bonchev–Trinajstić information content (AvgIpc) is 2.91. The van der Waals surface area contributed by atoms with Crippen LogP contribution in [0.15, 0.2) is 47.6 Å². The SMILES string of the molecule is COC(=O)[C@H]1O[C@@H](O[C@@H](CN=[N+]=[N-])COc2cccc3ccccc23)[C@H](OC(C)=O)[C@@H](OC(C)=O)[C@@H]1OC(C)=O. The summed E-state index contributed by atoms with van der Waals surface area (Å²) in [6.07, 6.45) is -8.77. The largest absolute Gasteiger partial charge is 0.490 e. The van der Waals surface area contributed by atoms with Gasteiger partial charge in [0.05, 0.1) is 13.7 Å². The van der Waals surface area contributed by atoms with E-state index in [1.807, 2.05) is 36.4 Å². The number of carbonyl (C=O) groups excluding carboxylic acids is 4. The van der Waals surface area contributed by atoms with Crippen molar-refractivity contribution in [2.24, 2.45) is 5.11 Å². The van der Waals surface area contributed by atoms with E-state index in [-0.39, 0.29) is 13.2 Å². The molecule has 0 N–H and O–H groups in total. The zero-order valence-corrected chi connectivity index (χ0v) is 22.3. The topological polar surface area (TPSA) is 182 Å². The maximum atomic E-state index is 12.6. The Morgan fingerprint density at radius 1 is 0.925 bits per heavy atom. The lowest BCUT2D eigenvalue weighted by Crippen LogP contribution is -2.64. The van der Waals surface area contributed by atoms with Gasteiger partial charge in [0.1, 0.15) is 18.5 Å². The van der Waals surface area contributed by atoms with E-state index in [1.165, 1.54) is 0 Å². The molecule has 1 fully saturated rings. The summed E-state index contributed by atoms with van der Waals surface area (Å²) in [6.45, 7) is 2.84. The van der Waals surface area contributed by atoms with E-state index in [0.717, 1.165) is 38.7 Å². The molecule has 0 amide bonds. The van der Waals surface area contributed by atoms with Crippen LogP contribution in [0, 0.1) is 0 Å². The summed E-state index contributed by atoms with van der Waals surface area (Å²) < 4.78 is 38.5. The van der Waals surface area contributed by atoms with Gasteiger partial charge in [-0.25, -0.2) is 4.79 Å². The van der Waals surface area contributed by atoms with Crippen LogP contribution in [0.3, 0.4) is 0 Å². The Bertz CT molecular complexity index is 1270. The van der Waals surface area contributed by atoms with E-state index in [0.29, 0.717) is 5.75 Å². The van der Waals surface area contributed by atoms with E-state index in [4.69, 9.17) is 38.7 Å². The van der Waals surface area contributed by atoms with E-state index < -0.39 is 60.7 Å². The molecular weight excluding hydrogens is 530 g/mol. The first-order valence-corrected chi connectivity index (χ1v) is 12.2. The Labute approximate surface area is 229 Å². The Hall–Kier alpha value is -4.39. The molecule has 14 heteroatoms. The third-order valence-corrected chi connectivity index (χ3v) is 5.68. The minimum absolute atomic E-state index is 0.159. The molecule has 6 atom stereocenters. The highest BCUT2D eigenvalue weighted by atomic mass is 16.7. The van der Waals surface area contributed by atoms with Crippen molar-refractivity contribution >= 4 is 34.6 Å². The van der Waals surface area contributed by atoms with E-state index in [1.54, 1.807) is 6.07 Å². The normalized spacial score (nSPS) is 22.8. The van der Waals surface area contributed by atoms with Crippen LogP contribution in [-0.4, -0.2) is 80.9 Å². The smallest absolute Gasteiger partial charge is 0.339 e. The number of ether oxygens (including phenoxy) is 7. The number of hydrogen-bond acceptors (Lipinski definition) is 12. The molecule has 0 spiro atoms. The van der Waals surface area contributed by atoms with Crippen LogP contribution in [0.5, 0.6) is 5.75 Å². The Morgan fingerprint density at radius 3 is 2.20 bits per heavy atom. The highest BCUT2D eigenvalue weighted by Gasteiger charge is 2.55. The van der Waals surface area contributed by atoms with Crippen LogP contribution in [0.4, 0.5) is 0 Å². The minimum Gasteiger partial charge on any atom is -0.490 e. The van der Waals surface area contributed by atoms with Crippen LogP contribution in [-0.2, 0) is 47.6 Å². The van der Waals surface area contributed by atoms with E-state index in [9.17, 15) is 19.2 Å². The first-order chi connectivity index (χ1) is 19.1. The molecule has 40 heavy (non-hydrogen) atoms. The van der Waals surface area contributed by atoms with Crippen LogP contribution in [0.2, 0.25) is 0 Å². The quantitative estimate of drug-likeness (QED) is 0.130. The molecule has 1 aliphatic rings. The summed E-state index contributed by atoms with van der Waals surface area (Å²) in [5.41, 5.74) is 8.92. The summed E-state index contributed by atoms with van der Waals surface area (Å²) in [5, 5.41) is 5.31. The van der Waals surface area contributed by atoms with Crippen molar-refractivity contribution in [1.29, 1.82) is 0 Å². The monoisotopic (exact) mass is 559 g/mol. The van der Waals surface area contributed by atoms with Gasteiger partial charge < -0.3 is 33.2 Å². The molecule has 1 heterocycles. The van der Waals surface area contributed by atoms with Crippen molar-refractivity contribution in [3.63, 3.8) is 0 Å². The number of carbonyl (C=O) groups is 4. The predicted octanol–water partition coefficient (Wildman–Crippen LogP) is 2.61. The Balaban J connectivity index is 1.95. The average molecular weight is 560 g/mol. The molecule has 0 unspecified atom stereocenters. The molecular formula is C26H29N3O11. The third kappa shape index (κ3) is 7.82.